The van der Waals surface area contributed by atoms with Crippen molar-refractivity contribution in [2.75, 3.05) is 52.1 Å². The largest absolute Gasteiger partial charge is 0.497 e. The van der Waals surface area contributed by atoms with Crippen molar-refractivity contribution in [3.63, 3.8) is 0 Å². The van der Waals surface area contributed by atoms with Crippen molar-refractivity contribution in [2.45, 2.75) is 19.6 Å². The van der Waals surface area contributed by atoms with Gasteiger partial charge < -0.3 is 28.7 Å². The number of fused-ring (bicyclic) bond motifs is 1. The maximum atomic E-state index is 11.0. The highest BCUT2D eigenvalue weighted by molar-refractivity contribution is 7.09. The normalized spacial score (nSPS) is 14.1. The predicted molar refractivity (Wildman–Crippen MR) is 173 cm³/mol. The molecule has 0 saturated carbocycles. The maximum absolute atomic E-state index is 11.0. The van der Waals surface area contributed by atoms with Crippen LogP contribution >= 0.6 is 11.3 Å². The van der Waals surface area contributed by atoms with Gasteiger partial charge in [-0.1, -0.05) is 18.7 Å². The third-order valence-corrected chi connectivity index (χ3v) is 8.86. The summed E-state index contributed by atoms with van der Waals surface area (Å²) in [6.45, 7) is 9.74. The highest BCUT2D eigenvalue weighted by Gasteiger charge is 2.22. The first kappa shape index (κ1) is 30.2. The number of thiazole rings is 1. The minimum atomic E-state index is -0.375. The lowest BCUT2D eigenvalue weighted by Crippen LogP contribution is -2.45. The van der Waals surface area contributed by atoms with E-state index in [2.05, 4.69) is 32.7 Å². The van der Waals surface area contributed by atoms with E-state index in [0.717, 1.165) is 82.4 Å². The number of aromatic nitrogens is 1. The SMILES string of the molecule is C=C(c1csc(CN(Cc2ccc3c(c2)OCO3)Cc2ccc(OC)cc2OC)n1)N1CCN(c2ccc([N+](=O)[O-])cc2)CC1. The number of ether oxygens (including phenoxy) is 4. The van der Waals surface area contributed by atoms with Gasteiger partial charge in [-0.2, -0.15) is 0 Å². The second-order valence-corrected chi connectivity index (χ2v) is 11.8. The van der Waals surface area contributed by atoms with Gasteiger partial charge in [0.2, 0.25) is 6.79 Å². The summed E-state index contributed by atoms with van der Waals surface area (Å²) in [4.78, 5) is 22.5. The first-order chi connectivity index (χ1) is 21.9. The summed E-state index contributed by atoms with van der Waals surface area (Å²) in [5.74, 6) is 3.04. The first-order valence-electron chi connectivity index (χ1n) is 14.6. The van der Waals surface area contributed by atoms with E-state index in [-0.39, 0.29) is 17.4 Å². The second kappa shape index (κ2) is 13.4. The number of non-ortho nitro benzene ring substituents is 1. The minimum Gasteiger partial charge on any atom is -0.497 e. The molecule has 45 heavy (non-hydrogen) atoms. The smallest absolute Gasteiger partial charge is 0.269 e. The molecule has 6 rings (SSSR count). The standard InChI is InChI=1S/C33H35N5O6S/c1-23(36-12-14-37(15-13-36)26-6-8-27(9-7-26)38(39)40)29-21-45-33(34-29)20-35(18-24-4-11-30-32(16-24)44-22-43-30)19-25-5-10-28(41-2)17-31(25)42-3/h4-11,16-17,21H,1,12-15,18-20,22H2,2-3H3. The molecule has 0 bridgehead atoms. The van der Waals surface area contributed by atoms with E-state index in [1.165, 1.54) is 0 Å². The fourth-order valence-corrected chi connectivity index (χ4v) is 6.42. The Morgan fingerprint density at radius 3 is 2.49 bits per heavy atom. The fourth-order valence-electron chi connectivity index (χ4n) is 5.58. The number of anilines is 1. The van der Waals surface area contributed by atoms with Gasteiger partial charge in [0.1, 0.15) is 16.5 Å². The Kier molecular flexibility index (Phi) is 9.03. The molecule has 12 heteroatoms. The molecule has 234 valence electrons. The van der Waals surface area contributed by atoms with Crippen LogP contribution in [0.25, 0.3) is 5.70 Å². The lowest BCUT2D eigenvalue weighted by molar-refractivity contribution is -0.384. The Morgan fingerprint density at radius 1 is 0.978 bits per heavy atom. The number of nitrogens with zero attached hydrogens (tertiary/aromatic N) is 5. The molecule has 1 saturated heterocycles. The Balaban J connectivity index is 1.13. The molecule has 0 aliphatic carbocycles. The molecule has 3 aromatic carbocycles. The van der Waals surface area contributed by atoms with Crippen LogP contribution in [0.4, 0.5) is 11.4 Å². The third-order valence-electron chi connectivity index (χ3n) is 8.02. The number of nitro groups is 1. The van der Waals surface area contributed by atoms with Gasteiger partial charge in [0.15, 0.2) is 11.5 Å². The van der Waals surface area contributed by atoms with Crippen molar-refractivity contribution in [1.29, 1.82) is 0 Å². The molecule has 0 amide bonds. The van der Waals surface area contributed by atoms with Crippen LogP contribution in [0.3, 0.4) is 0 Å². The van der Waals surface area contributed by atoms with Crippen LogP contribution in [-0.2, 0) is 19.6 Å². The summed E-state index contributed by atoms with van der Waals surface area (Å²) < 4.78 is 22.2. The van der Waals surface area contributed by atoms with Crippen molar-refractivity contribution in [2.24, 2.45) is 0 Å². The van der Waals surface area contributed by atoms with E-state index < -0.39 is 0 Å². The van der Waals surface area contributed by atoms with Gasteiger partial charge in [-0.05, 0) is 35.9 Å². The summed E-state index contributed by atoms with van der Waals surface area (Å²) >= 11 is 1.63. The van der Waals surface area contributed by atoms with Gasteiger partial charge in [0, 0.05) is 74.1 Å². The van der Waals surface area contributed by atoms with E-state index in [1.807, 2.05) is 42.5 Å². The monoisotopic (exact) mass is 629 g/mol. The molecule has 0 N–H and O–H groups in total. The maximum Gasteiger partial charge on any atom is 0.269 e. The van der Waals surface area contributed by atoms with Gasteiger partial charge in [-0.15, -0.1) is 11.3 Å². The van der Waals surface area contributed by atoms with Crippen molar-refractivity contribution in [3.8, 4) is 23.0 Å². The zero-order valence-electron chi connectivity index (χ0n) is 25.3. The number of hydrogen-bond donors (Lipinski definition) is 0. The van der Waals surface area contributed by atoms with Crippen LogP contribution in [0.5, 0.6) is 23.0 Å². The topological polar surface area (TPSA) is 103 Å². The molecule has 2 aliphatic heterocycles. The fraction of sp³-hybridized carbons (Fsp3) is 0.303. The molecule has 0 unspecified atom stereocenters. The van der Waals surface area contributed by atoms with E-state index in [9.17, 15) is 10.1 Å². The van der Waals surface area contributed by atoms with Gasteiger partial charge >= 0.3 is 0 Å². The summed E-state index contributed by atoms with van der Waals surface area (Å²) in [7, 11) is 3.32. The molecule has 4 aromatic rings. The molecule has 2 aliphatic rings. The first-order valence-corrected chi connectivity index (χ1v) is 15.5. The van der Waals surface area contributed by atoms with E-state index >= 15 is 0 Å². The lowest BCUT2D eigenvalue weighted by atomic mass is 10.1. The highest BCUT2D eigenvalue weighted by atomic mass is 32.1. The average molecular weight is 630 g/mol. The highest BCUT2D eigenvalue weighted by Crippen LogP contribution is 2.34. The van der Waals surface area contributed by atoms with Crippen LogP contribution < -0.4 is 23.8 Å². The molecule has 3 heterocycles. The summed E-state index contributed by atoms with van der Waals surface area (Å²) in [5, 5.41) is 14.1. The number of rotatable bonds is 12. The van der Waals surface area contributed by atoms with Gasteiger partial charge in [0.25, 0.3) is 5.69 Å². The summed E-state index contributed by atoms with van der Waals surface area (Å²) in [5.41, 5.74) is 5.02. The molecule has 0 atom stereocenters. The number of piperazine rings is 1. The van der Waals surface area contributed by atoms with Crippen LogP contribution in [0, 0.1) is 10.1 Å². The van der Waals surface area contributed by atoms with E-state index in [0.29, 0.717) is 19.6 Å². The predicted octanol–water partition coefficient (Wildman–Crippen LogP) is 5.79. The van der Waals surface area contributed by atoms with E-state index in [1.54, 1.807) is 37.7 Å². The molecule has 11 nitrogen and oxygen atoms in total. The molecule has 0 radical (unpaired) electrons. The van der Waals surface area contributed by atoms with Crippen LogP contribution in [-0.4, -0.2) is 66.9 Å². The quantitative estimate of drug-likeness (QED) is 0.141. The van der Waals surface area contributed by atoms with Crippen LogP contribution in [0.15, 0.2) is 72.6 Å². The lowest BCUT2D eigenvalue weighted by Gasteiger charge is -2.37. The molecule has 1 fully saturated rings. The Labute approximate surface area is 266 Å². The van der Waals surface area contributed by atoms with Gasteiger partial charge in [-0.25, -0.2) is 4.98 Å². The Bertz CT molecular complexity index is 1670. The van der Waals surface area contributed by atoms with Crippen molar-refractivity contribution in [1.82, 2.24) is 14.8 Å². The number of nitro benzene ring substituents is 1. The van der Waals surface area contributed by atoms with Crippen LogP contribution in [0.2, 0.25) is 0 Å². The van der Waals surface area contributed by atoms with Gasteiger partial charge in [-0.3, -0.25) is 15.0 Å². The van der Waals surface area contributed by atoms with Crippen molar-refractivity contribution >= 4 is 28.4 Å². The second-order valence-electron chi connectivity index (χ2n) is 10.8. The van der Waals surface area contributed by atoms with Crippen molar-refractivity contribution < 1.29 is 23.9 Å². The minimum absolute atomic E-state index is 0.0997. The van der Waals surface area contributed by atoms with Crippen molar-refractivity contribution in [3.05, 3.63) is 105 Å². The Hall–Kier alpha value is -4.81. The Morgan fingerprint density at radius 2 is 1.76 bits per heavy atom. The zero-order chi connectivity index (χ0) is 31.3. The molecule has 1 aromatic heterocycles. The number of benzene rings is 3. The third kappa shape index (κ3) is 6.97. The molecule has 0 spiro atoms. The number of hydrogen-bond acceptors (Lipinski definition) is 11. The van der Waals surface area contributed by atoms with E-state index in [4.69, 9.17) is 23.9 Å². The summed E-state index contributed by atoms with van der Waals surface area (Å²) in [6.07, 6.45) is 0. The zero-order valence-corrected chi connectivity index (χ0v) is 26.1. The summed E-state index contributed by atoms with van der Waals surface area (Å²) in [6, 6.07) is 18.7. The average Bonchev–Trinajstić information content (AvgIpc) is 3.74. The van der Waals surface area contributed by atoms with Gasteiger partial charge in [0.05, 0.1) is 37.1 Å². The number of methoxy groups -OCH3 is 2. The molecular formula is C33H35N5O6S. The molecular weight excluding hydrogens is 594 g/mol. The van der Waals surface area contributed by atoms with Crippen LogP contribution in [0.1, 0.15) is 21.8 Å².